The standard InChI is InChI=1S/C15H22N4/c1-5-19-11-13(10-17-19)15(16-2)12-6-8-14(9-7-12)18(3)4/h6-11,15-16H,5H2,1-4H3. The van der Waals surface area contributed by atoms with Gasteiger partial charge in [-0.2, -0.15) is 5.10 Å². The first-order valence-corrected chi connectivity index (χ1v) is 6.62. The first-order valence-electron chi connectivity index (χ1n) is 6.62. The zero-order valence-electron chi connectivity index (χ0n) is 12.1. The van der Waals surface area contributed by atoms with Crippen LogP contribution >= 0.6 is 0 Å². The number of hydrogen-bond acceptors (Lipinski definition) is 3. The van der Waals surface area contributed by atoms with Crippen LogP contribution in [0.15, 0.2) is 36.7 Å². The summed E-state index contributed by atoms with van der Waals surface area (Å²) in [4.78, 5) is 2.10. The van der Waals surface area contributed by atoms with Crippen molar-refractivity contribution in [3.8, 4) is 0 Å². The Bertz CT molecular complexity index is 513. The van der Waals surface area contributed by atoms with Crippen molar-refractivity contribution in [2.45, 2.75) is 19.5 Å². The fourth-order valence-corrected chi connectivity index (χ4v) is 2.19. The van der Waals surface area contributed by atoms with Crippen molar-refractivity contribution in [2.24, 2.45) is 0 Å². The van der Waals surface area contributed by atoms with Gasteiger partial charge >= 0.3 is 0 Å². The van der Waals surface area contributed by atoms with Gasteiger partial charge in [-0.05, 0) is 31.7 Å². The zero-order chi connectivity index (χ0) is 13.8. The highest BCUT2D eigenvalue weighted by Gasteiger charge is 2.13. The van der Waals surface area contributed by atoms with Crippen LogP contribution in [0.25, 0.3) is 0 Å². The normalized spacial score (nSPS) is 12.4. The van der Waals surface area contributed by atoms with E-state index in [2.05, 4.69) is 66.8 Å². The summed E-state index contributed by atoms with van der Waals surface area (Å²) in [5.74, 6) is 0. The average Bonchev–Trinajstić information content (AvgIpc) is 2.89. The van der Waals surface area contributed by atoms with Gasteiger partial charge in [0, 0.05) is 38.1 Å². The Balaban J connectivity index is 2.26. The number of hydrogen-bond donors (Lipinski definition) is 1. The van der Waals surface area contributed by atoms with Crippen LogP contribution in [0.4, 0.5) is 5.69 Å². The lowest BCUT2D eigenvalue weighted by Crippen LogP contribution is -2.17. The minimum atomic E-state index is 0.191. The molecule has 4 nitrogen and oxygen atoms in total. The first kappa shape index (κ1) is 13.6. The Labute approximate surface area is 115 Å². The molecule has 4 heteroatoms. The third-order valence-electron chi connectivity index (χ3n) is 3.34. The molecule has 2 aromatic rings. The van der Waals surface area contributed by atoms with E-state index in [1.165, 1.54) is 16.8 Å². The highest BCUT2D eigenvalue weighted by atomic mass is 15.3. The maximum absolute atomic E-state index is 4.34. The third-order valence-corrected chi connectivity index (χ3v) is 3.34. The van der Waals surface area contributed by atoms with E-state index in [9.17, 15) is 0 Å². The van der Waals surface area contributed by atoms with Crippen molar-refractivity contribution in [2.75, 3.05) is 26.0 Å². The number of benzene rings is 1. The first-order chi connectivity index (χ1) is 9.15. The highest BCUT2D eigenvalue weighted by Crippen LogP contribution is 2.23. The Kier molecular flexibility index (Phi) is 4.22. The number of anilines is 1. The molecule has 0 amide bonds. The zero-order valence-corrected chi connectivity index (χ0v) is 12.1. The molecular weight excluding hydrogens is 236 g/mol. The summed E-state index contributed by atoms with van der Waals surface area (Å²) < 4.78 is 1.95. The molecule has 1 N–H and O–H groups in total. The molecule has 0 radical (unpaired) electrons. The molecule has 1 heterocycles. The lowest BCUT2D eigenvalue weighted by atomic mass is 10.0. The van der Waals surface area contributed by atoms with Crippen molar-refractivity contribution >= 4 is 5.69 Å². The molecule has 0 aliphatic rings. The summed E-state index contributed by atoms with van der Waals surface area (Å²) in [5, 5.41) is 7.70. The van der Waals surface area contributed by atoms with Gasteiger partial charge in [0.05, 0.1) is 12.2 Å². The van der Waals surface area contributed by atoms with E-state index >= 15 is 0 Å². The van der Waals surface area contributed by atoms with E-state index in [-0.39, 0.29) is 6.04 Å². The molecule has 1 unspecified atom stereocenters. The van der Waals surface area contributed by atoms with Crippen molar-refractivity contribution in [3.05, 3.63) is 47.8 Å². The number of nitrogens with zero attached hydrogens (tertiary/aromatic N) is 3. The van der Waals surface area contributed by atoms with Gasteiger partial charge in [-0.25, -0.2) is 0 Å². The fourth-order valence-electron chi connectivity index (χ4n) is 2.19. The number of nitrogens with one attached hydrogen (secondary N) is 1. The number of aromatic nitrogens is 2. The van der Waals surface area contributed by atoms with E-state index in [0.717, 1.165) is 6.54 Å². The largest absolute Gasteiger partial charge is 0.378 e. The van der Waals surface area contributed by atoms with Crippen molar-refractivity contribution in [1.82, 2.24) is 15.1 Å². The van der Waals surface area contributed by atoms with Gasteiger partial charge in [0.1, 0.15) is 0 Å². The molecule has 2 rings (SSSR count). The molecule has 0 fully saturated rings. The van der Waals surface area contributed by atoms with Crippen LogP contribution in [-0.2, 0) is 6.54 Å². The topological polar surface area (TPSA) is 33.1 Å². The molecule has 19 heavy (non-hydrogen) atoms. The summed E-state index contributed by atoms with van der Waals surface area (Å²) in [6.07, 6.45) is 4.03. The van der Waals surface area contributed by atoms with Gasteiger partial charge in [0.2, 0.25) is 0 Å². The molecule has 0 saturated heterocycles. The van der Waals surface area contributed by atoms with Gasteiger partial charge in [0.15, 0.2) is 0 Å². The lowest BCUT2D eigenvalue weighted by Gasteiger charge is -2.17. The monoisotopic (exact) mass is 258 g/mol. The van der Waals surface area contributed by atoms with Gasteiger partial charge < -0.3 is 10.2 Å². The van der Waals surface area contributed by atoms with Crippen LogP contribution in [0.2, 0.25) is 0 Å². The minimum absolute atomic E-state index is 0.191. The predicted octanol–water partition coefficient (Wildman–Crippen LogP) is 2.28. The molecule has 0 aliphatic carbocycles. The van der Waals surface area contributed by atoms with E-state index < -0.39 is 0 Å². The fraction of sp³-hybridized carbons (Fsp3) is 0.400. The van der Waals surface area contributed by atoms with E-state index in [1.54, 1.807) is 0 Å². The van der Waals surface area contributed by atoms with Crippen LogP contribution in [0, 0.1) is 0 Å². The van der Waals surface area contributed by atoms with Crippen molar-refractivity contribution in [3.63, 3.8) is 0 Å². The minimum Gasteiger partial charge on any atom is -0.378 e. The summed E-state index contributed by atoms with van der Waals surface area (Å²) in [5.41, 5.74) is 3.66. The van der Waals surface area contributed by atoms with E-state index in [1.807, 2.05) is 17.9 Å². The third kappa shape index (κ3) is 2.96. The molecule has 1 atom stereocenters. The maximum Gasteiger partial charge on any atom is 0.0605 e. The summed E-state index contributed by atoms with van der Waals surface area (Å²) in [6.45, 7) is 2.99. The molecule has 1 aromatic carbocycles. The molecule has 1 aromatic heterocycles. The van der Waals surface area contributed by atoms with Gasteiger partial charge in [-0.3, -0.25) is 4.68 Å². The number of rotatable bonds is 5. The van der Waals surface area contributed by atoms with E-state index in [0.29, 0.717) is 0 Å². The van der Waals surface area contributed by atoms with Gasteiger partial charge in [0.25, 0.3) is 0 Å². The van der Waals surface area contributed by atoms with Crippen LogP contribution < -0.4 is 10.2 Å². The average molecular weight is 258 g/mol. The Hall–Kier alpha value is -1.81. The quantitative estimate of drug-likeness (QED) is 0.893. The second-order valence-electron chi connectivity index (χ2n) is 4.84. The van der Waals surface area contributed by atoms with Crippen LogP contribution in [0.3, 0.4) is 0 Å². The summed E-state index contributed by atoms with van der Waals surface area (Å²) in [7, 11) is 6.08. The highest BCUT2D eigenvalue weighted by molar-refractivity contribution is 5.47. The Morgan fingerprint density at radius 3 is 2.37 bits per heavy atom. The predicted molar refractivity (Wildman–Crippen MR) is 79.6 cm³/mol. The molecule has 0 aliphatic heterocycles. The maximum atomic E-state index is 4.34. The second-order valence-corrected chi connectivity index (χ2v) is 4.84. The summed E-state index contributed by atoms with van der Waals surface area (Å²) >= 11 is 0. The Morgan fingerprint density at radius 1 is 1.21 bits per heavy atom. The van der Waals surface area contributed by atoms with Crippen molar-refractivity contribution in [1.29, 1.82) is 0 Å². The SMILES string of the molecule is CCn1cc(C(NC)c2ccc(N(C)C)cc2)cn1. The van der Waals surface area contributed by atoms with Crippen LogP contribution in [-0.4, -0.2) is 30.9 Å². The van der Waals surface area contributed by atoms with Gasteiger partial charge in [-0.15, -0.1) is 0 Å². The number of aryl methyl sites for hydroxylation is 1. The molecule has 0 bridgehead atoms. The molecule has 102 valence electrons. The second kappa shape index (κ2) is 5.89. The molecular formula is C15H22N4. The van der Waals surface area contributed by atoms with E-state index in [4.69, 9.17) is 0 Å². The van der Waals surface area contributed by atoms with Crippen molar-refractivity contribution < 1.29 is 0 Å². The molecule has 0 spiro atoms. The van der Waals surface area contributed by atoms with Gasteiger partial charge in [-0.1, -0.05) is 12.1 Å². The Morgan fingerprint density at radius 2 is 1.89 bits per heavy atom. The summed E-state index contributed by atoms with van der Waals surface area (Å²) in [6, 6.07) is 8.81. The van der Waals surface area contributed by atoms with Crippen LogP contribution in [0.5, 0.6) is 0 Å². The lowest BCUT2D eigenvalue weighted by molar-refractivity contribution is 0.653. The molecule has 0 saturated carbocycles. The smallest absolute Gasteiger partial charge is 0.0605 e. The van der Waals surface area contributed by atoms with Crippen LogP contribution in [0.1, 0.15) is 24.1 Å².